The molecule has 0 aromatic heterocycles. The van der Waals surface area contributed by atoms with Crippen molar-refractivity contribution in [3.63, 3.8) is 0 Å². The summed E-state index contributed by atoms with van der Waals surface area (Å²) < 4.78 is 0. The van der Waals surface area contributed by atoms with E-state index in [1.54, 1.807) is 0 Å². The van der Waals surface area contributed by atoms with Gasteiger partial charge >= 0.3 is 0 Å². The third-order valence-corrected chi connectivity index (χ3v) is 3.82. The number of aryl methyl sites for hydroxylation is 1. The van der Waals surface area contributed by atoms with E-state index in [-0.39, 0.29) is 5.66 Å². The fraction of sp³-hybridized carbons (Fsp3) is 0.188. The molecule has 102 valence electrons. The van der Waals surface area contributed by atoms with Gasteiger partial charge in [-0.2, -0.15) is 5.43 Å². The maximum absolute atomic E-state index is 5.46. The van der Waals surface area contributed by atoms with Crippen molar-refractivity contribution < 1.29 is 0 Å². The Kier molecular flexibility index (Phi) is 3.20. The van der Waals surface area contributed by atoms with Gasteiger partial charge in [0.05, 0.1) is 5.69 Å². The van der Waals surface area contributed by atoms with Crippen molar-refractivity contribution in [3.8, 4) is 0 Å². The molecule has 1 saturated heterocycles. The summed E-state index contributed by atoms with van der Waals surface area (Å²) in [4.78, 5) is 0. The number of hydrogen-bond acceptors (Lipinski definition) is 2. The fourth-order valence-electron chi connectivity index (χ4n) is 2.36. The second-order valence-electron chi connectivity index (χ2n) is 5.20. The van der Waals surface area contributed by atoms with Crippen molar-refractivity contribution in [1.82, 2.24) is 10.7 Å². The molecule has 2 N–H and O–H groups in total. The average molecular weight is 283 g/mol. The SMILES string of the molecule is Cc1ccc(N2N[C@@](C)(c3ccccc3)NC2=S)cc1. The standard InChI is InChI=1S/C16H17N3S/c1-12-8-10-14(11-9-12)19-15(20)17-16(2,18-19)13-6-4-3-5-7-13/h3-11,18H,1-2H3,(H,17,20)/t16-/m0/s1. The zero-order valence-electron chi connectivity index (χ0n) is 11.6. The fourth-order valence-corrected chi connectivity index (χ4v) is 2.71. The lowest BCUT2D eigenvalue weighted by molar-refractivity contribution is 0.389. The lowest BCUT2D eigenvalue weighted by atomic mass is 10.0. The minimum Gasteiger partial charge on any atom is -0.338 e. The van der Waals surface area contributed by atoms with Crippen molar-refractivity contribution in [2.45, 2.75) is 19.5 Å². The van der Waals surface area contributed by atoms with E-state index < -0.39 is 0 Å². The zero-order chi connectivity index (χ0) is 14.2. The molecule has 0 unspecified atom stereocenters. The van der Waals surface area contributed by atoms with Gasteiger partial charge in [0.15, 0.2) is 5.11 Å². The second kappa shape index (κ2) is 4.89. The lowest BCUT2D eigenvalue weighted by Crippen LogP contribution is -2.45. The van der Waals surface area contributed by atoms with Gasteiger partial charge in [0.25, 0.3) is 0 Å². The Morgan fingerprint density at radius 1 is 1.00 bits per heavy atom. The van der Waals surface area contributed by atoms with Gasteiger partial charge in [-0.1, -0.05) is 48.0 Å². The summed E-state index contributed by atoms with van der Waals surface area (Å²) in [7, 11) is 0. The Hall–Kier alpha value is -1.91. The van der Waals surface area contributed by atoms with Crippen molar-refractivity contribution >= 4 is 23.0 Å². The minimum atomic E-state index is -0.386. The minimum absolute atomic E-state index is 0.386. The van der Waals surface area contributed by atoms with Gasteiger partial charge in [0, 0.05) is 0 Å². The highest BCUT2D eigenvalue weighted by Crippen LogP contribution is 2.26. The first-order valence-corrected chi connectivity index (χ1v) is 7.02. The molecule has 1 heterocycles. The Labute approximate surface area is 124 Å². The summed E-state index contributed by atoms with van der Waals surface area (Å²) in [6.45, 7) is 4.16. The molecule has 0 saturated carbocycles. The van der Waals surface area contributed by atoms with Crippen LogP contribution in [0.15, 0.2) is 54.6 Å². The number of thiocarbonyl (C=S) groups is 1. The van der Waals surface area contributed by atoms with Crippen LogP contribution in [0.3, 0.4) is 0 Å². The Morgan fingerprint density at radius 3 is 2.30 bits per heavy atom. The summed E-state index contributed by atoms with van der Waals surface area (Å²) in [5.74, 6) is 0. The number of benzene rings is 2. The average Bonchev–Trinajstić information content (AvgIpc) is 2.77. The first kappa shape index (κ1) is 13.1. The smallest absolute Gasteiger partial charge is 0.190 e. The van der Waals surface area contributed by atoms with Crippen LogP contribution in [0.2, 0.25) is 0 Å². The number of rotatable bonds is 2. The first-order valence-electron chi connectivity index (χ1n) is 6.61. The van der Waals surface area contributed by atoms with E-state index in [1.807, 2.05) is 23.2 Å². The van der Waals surface area contributed by atoms with Crippen LogP contribution >= 0.6 is 12.2 Å². The number of hydrazine groups is 1. The van der Waals surface area contributed by atoms with E-state index in [0.29, 0.717) is 5.11 Å². The van der Waals surface area contributed by atoms with E-state index in [9.17, 15) is 0 Å². The molecule has 0 bridgehead atoms. The van der Waals surface area contributed by atoms with Crippen LogP contribution in [0.5, 0.6) is 0 Å². The molecule has 4 heteroatoms. The molecule has 1 aliphatic heterocycles. The van der Waals surface area contributed by atoms with Gasteiger partial charge in [-0.15, -0.1) is 0 Å². The van der Waals surface area contributed by atoms with Crippen LogP contribution in [0.4, 0.5) is 5.69 Å². The maximum atomic E-state index is 5.46. The van der Waals surface area contributed by atoms with E-state index in [0.717, 1.165) is 11.3 Å². The first-order chi connectivity index (χ1) is 9.58. The largest absolute Gasteiger partial charge is 0.338 e. The van der Waals surface area contributed by atoms with Gasteiger partial charge in [0.2, 0.25) is 0 Å². The van der Waals surface area contributed by atoms with E-state index in [2.05, 4.69) is 61.0 Å². The topological polar surface area (TPSA) is 27.3 Å². The summed E-state index contributed by atoms with van der Waals surface area (Å²) in [5.41, 5.74) is 6.48. The zero-order valence-corrected chi connectivity index (χ0v) is 12.4. The van der Waals surface area contributed by atoms with Crippen LogP contribution in [-0.4, -0.2) is 5.11 Å². The summed E-state index contributed by atoms with van der Waals surface area (Å²) in [6, 6.07) is 18.5. The molecule has 1 fully saturated rings. The molecule has 0 aliphatic carbocycles. The van der Waals surface area contributed by atoms with Crippen LogP contribution in [0.25, 0.3) is 0 Å². The lowest BCUT2D eigenvalue weighted by Gasteiger charge is -2.26. The molecule has 2 aromatic carbocycles. The van der Waals surface area contributed by atoms with Crippen molar-refractivity contribution in [3.05, 3.63) is 65.7 Å². The van der Waals surface area contributed by atoms with Crippen LogP contribution in [0.1, 0.15) is 18.1 Å². The van der Waals surface area contributed by atoms with Gasteiger partial charge in [-0.25, -0.2) is 5.01 Å². The van der Waals surface area contributed by atoms with Gasteiger partial charge in [0.1, 0.15) is 5.66 Å². The molecular weight excluding hydrogens is 266 g/mol. The van der Waals surface area contributed by atoms with Crippen molar-refractivity contribution in [2.75, 3.05) is 5.01 Å². The number of nitrogens with zero attached hydrogens (tertiary/aromatic N) is 1. The molecule has 2 aromatic rings. The van der Waals surface area contributed by atoms with Crippen LogP contribution < -0.4 is 15.8 Å². The molecule has 0 spiro atoms. The number of hydrogen-bond donors (Lipinski definition) is 2. The predicted octanol–water partition coefficient (Wildman–Crippen LogP) is 3.07. The molecule has 20 heavy (non-hydrogen) atoms. The molecule has 0 amide bonds. The third-order valence-electron chi connectivity index (χ3n) is 3.54. The van der Waals surface area contributed by atoms with Gasteiger partial charge in [-0.3, -0.25) is 0 Å². The molecule has 1 atom stereocenters. The quantitative estimate of drug-likeness (QED) is 0.828. The van der Waals surface area contributed by atoms with Crippen molar-refractivity contribution in [2.24, 2.45) is 0 Å². The third kappa shape index (κ3) is 2.28. The molecular formula is C16H17N3S. The summed E-state index contributed by atoms with van der Waals surface area (Å²) in [6.07, 6.45) is 0. The van der Waals surface area contributed by atoms with Crippen LogP contribution in [0, 0.1) is 6.92 Å². The summed E-state index contributed by atoms with van der Waals surface area (Å²) >= 11 is 5.46. The molecule has 3 nitrogen and oxygen atoms in total. The van der Waals surface area contributed by atoms with Crippen molar-refractivity contribution in [1.29, 1.82) is 0 Å². The predicted molar refractivity (Wildman–Crippen MR) is 86.3 cm³/mol. The Bertz CT molecular complexity index is 624. The second-order valence-corrected chi connectivity index (χ2v) is 5.59. The van der Waals surface area contributed by atoms with Crippen LogP contribution in [-0.2, 0) is 5.66 Å². The highest BCUT2D eigenvalue weighted by atomic mass is 32.1. The Balaban J connectivity index is 1.90. The van der Waals surface area contributed by atoms with E-state index >= 15 is 0 Å². The Morgan fingerprint density at radius 2 is 1.65 bits per heavy atom. The molecule has 1 aliphatic rings. The van der Waals surface area contributed by atoms with Gasteiger partial charge in [-0.05, 0) is 43.8 Å². The van der Waals surface area contributed by atoms with E-state index in [4.69, 9.17) is 12.2 Å². The maximum Gasteiger partial charge on any atom is 0.190 e. The highest BCUT2D eigenvalue weighted by molar-refractivity contribution is 7.80. The summed E-state index contributed by atoms with van der Waals surface area (Å²) in [5, 5.41) is 5.96. The molecule has 3 rings (SSSR count). The highest BCUT2D eigenvalue weighted by Gasteiger charge is 2.37. The monoisotopic (exact) mass is 283 g/mol. The van der Waals surface area contributed by atoms with Gasteiger partial charge < -0.3 is 5.32 Å². The normalized spacial score (nSPS) is 21.9. The van der Waals surface area contributed by atoms with E-state index in [1.165, 1.54) is 5.56 Å². The molecule has 0 radical (unpaired) electrons. The number of nitrogens with one attached hydrogen (secondary N) is 2. The number of anilines is 1.